The van der Waals surface area contributed by atoms with Gasteiger partial charge in [0.2, 0.25) is 5.91 Å². The molecule has 1 saturated heterocycles. The lowest BCUT2D eigenvalue weighted by molar-refractivity contribution is -0.136. The number of aryl methyl sites for hydroxylation is 1. The molecule has 4 rings (SSSR count). The molecule has 146 valence electrons. The van der Waals surface area contributed by atoms with Crippen molar-refractivity contribution in [2.75, 3.05) is 11.5 Å². The molecule has 1 aliphatic carbocycles. The number of amides is 1. The van der Waals surface area contributed by atoms with Crippen molar-refractivity contribution in [1.82, 2.24) is 24.2 Å². The molecule has 2 aromatic heterocycles. The maximum atomic E-state index is 13.1. The van der Waals surface area contributed by atoms with Crippen LogP contribution in [0.3, 0.4) is 0 Å². The quantitative estimate of drug-likeness (QED) is 0.729. The smallest absolute Gasteiger partial charge is 0.264 e. The van der Waals surface area contributed by atoms with Crippen LogP contribution in [-0.4, -0.2) is 62.1 Å². The highest BCUT2D eigenvalue weighted by molar-refractivity contribution is 7.91. The maximum Gasteiger partial charge on any atom is 0.264 e. The molecule has 0 N–H and O–H groups in total. The van der Waals surface area contributed by atoms with Crippen molar-refractivity contribution >= 4 is 26.8 Å². The highest BCUT2D eigenvalue weighted by Gasteiger charge is 2.39. The van der Waals surface area contributed by atoms with Crippen LogP contribution >= 0.6 is 0 Å². The second-order valence-corrected chi connectivity index (χ2v) is 9.71. The molecule has 2 aliphatic rings. The topological polar surface area (TPSA) is 107 Å². The van der Waals surface area contributed by atoms with Crippen molar-refractivity contribution in [3.05, 3.63) is 22.9 Å². The second kappa shape index (κ2) is 6.74. The molecule has 0 unspecified atom stereocenters. The summed E-state index contributed by atoms with van der Waals surface area (Å²) in [4.78, 5) is 31.7. The zero-order chi connectivity index (χ0) is 19.2. The van der Waals surface area contributed by atoms with E-state index >= 15 is 0 Å². The first-order valence-corrected chi connectivity index (χ1v) is 11.1. The molecule has 3 heterocycles. The van der Waals surface area contributed by atoms with E-state index in [0.29, 0.717) is 17.5 Å². The van der Waals surface area contributed by atoms with Gasteiger partial charge in [0.15, 0.2) is 15.5 Å². The first-order chi connectivity index (χ1) is 12.9. The Balaban J connectivity index is 1.62. The van der Waals surface area contributed by atoms with E-state index in [1.54, 1.807) is 11.9 Å². The number of hydrogen-bond acceptors (Lipinski definition) is 6. The SMILES string of the molecule is Cn1ncc2c(=O)n(CC(=O)N(C3CCCC3)[C@@H]3CCS(=O)(=O)C3)cnc21. The number of carbonyl (C=O) groups is 1. The van der Waals surface area contributed by atoms with Crippen molar-refractivity contribution < 1.29 is 13.2 Å². The lowest BCUT2D eigenvalue weighted by Crippen LogP contribution is -2.49. The predicted octanol–water partition coefficient (Wildman–Crippen LogP) is 0.0883. The number of aromatic nitrogens is 4. The fourth-order valence-electron chi connectivity index (χ4n) is 4.29. The molecule has 1 saturated carbocycles. The fraction of sp³-hybridized carbons (Fsp3) is 0.647. The summed E-state index contributed by atoms with van der Waals surface area (Å²) < 4.78 is 26.7. The van der Waals surface area contributed by atoms with Crippen LogP contribution in [0.4, 0.5) is 0 Å². The van der Waals surface area contributed by atoms with Crippen LogP contribution in [0.15, 0.2) is 17.3 Å². The van der Waals surface area contributed by atoms with E-state index in [-0.39, 0.29) is 41.6 Å². The van der Waals surface area contributed by atoms with Crippen molar-refractivity contribution in [2.45, 2.75) is 50.7 Å². The van der Waals surface area contributed by atoms with Gasteiger partial charge in [-0.05, 0) is 19.3 Å². The van der Waals surface area contributed by atoms with Crippen LogP contribution in [0.2, 0.25) is 0 Å². The van der Waals surface area contributed by atoms with Gasteiger partial charge in [0.05, 0.1) is 17.7 Å². The molecule has 1 amide bonds. The average Bonchev–Trinajstić information content (AvgIpc) is 3.33. The van der Waals surface area contributed by atoms with Crippen molar-refractivity contribution in [3.63, 3.8) is 0 Å². The van der Waals surface area contributed by atoms with E-state index < -0.39 is 9.84 Å². The average molecular weight is 393 g/mol. The van der Waals surface area contributed by atoms with E-state index in [9.17, 15) is 18.0 Å². The van der Waals surface area contributed by atoms with Gasteiger partial charge in [-0.2, -0.15) is 5.10 Å². The molecular weight excluding hydrogens is 370 g/mol. The summed E-state index contributed by atoms with van der Waals surface area (Å²) in [5, 5.41) is 4.40. The molecular formula is C17H23N5O4S. The molecule has 0 radical (unpaired) electrons. The number of carbonyl (C=O) groups excluding carboxylic acids is 1. The van der Waals surface area contributed by atoms with Gasteiger partial charge in [0.1, 0.15) is 18.3 Å². The number of hydrogen-bond donors (Lipinski definition) is 0. The Morgan fingerprint density at radius 3 is 2.67 bits per heavy atom. The Kier molecular flexibility index (Phi) is 4.53. The second-order valence-electron chi connectivity index (χ2n) is 7.48. The van der Waals surface area contributed by atoms with Gasteiger partial charge in [0.25, 0.3) is 5.56 Å². The molecule has 1 atom stereocenters. The molecule has 1 aliphatic heterocycles. The van der Waals surface area contributed by atoms with Crippen LogP contribution in [0, 0.1) is 0 Å². The third-order valence-corrected chi connectivity index (χ3v) is 7.38. The van der Waals surface area contributed by atoms with Crippen LogP contribution < -0.4 is 5.56 Å². The third-order valence-electron chi connectivity index (χ3n) is 5.63. The minimum Gasteiger partial charge on any atom is -0.334 e. The van der Waals surface area contributed by atoms with E-state index in [1.807, 2.05) is 0 Å². The molecule has 27 heavy (non-hydrogen) atoms. The third kappa shape index (κ3) is 3.38. The zero-order valence-corrected chi connectivity index (χ0v) is 16.1. The van der Waals surface area contributed by atoms with E-state index in [1.165, 1.54) is 21.8 Å². The van der Waals surface area contributed by atoms with Gasteiger partial charge >= 0.3 is 0 Å². The number of fused-ring (bicyclic) bond motifs is 1. The van der Waals surface area contributed by atoms with E-state index in [4.69, 9.17) is 0 Å². The highest BCUT2D eigenvalue weighted by atomic mass is 32.2. The summed E-state index contributed by atoms with van der Waals surface area (Å²) in [7, 11) is -1.40. The van der Waals surface area contributed by atoms with E-state index in [2.05, 4.69) is 10.1 Å². The Hall–Kier alpha value is -2.23. The van der Waals surface area contributed by atoms with Gasteiger partial charge in [-0.15, -0.1) is 0 Å². The molecule has 0 aromatic carbocycles. The van der Waals surface area contributed by atoms with Gasteiger partial charge in [-0.1, -0.05) is 12.8 Å². The van der Waals surface area contributed by atoms with Crippen molar-refractivity contribution in [3.8, 4) is 0 Å². The molecule has 2 aromatic rings. The monoisotopic (exact) mass is 393 g/mol. The first kappa shape index (κ1) is 18.1. The van der Waals surface area contributed by atoms with Crippen molar-refractivity contribution in [2.24, 2.45) is 7.05 Å². The Labute approximate surface area is 156 Å². The minimum atomic E-state index is -3.10. The largest absolute Gasteiger partial charge is 0.334 e. The fourth-order valence-corrected chi connectivity index (χ4v) is 6.00. The lowest BCUT2D eigenvalue weighted by atomic mass is 10.1. The molecule has 0 bridgehead atoms. The normalized spacial score (nSPS) is 22.5. The Morgan fingerprint density at radius 1 is 1.26 bits per heavy atom. The van der Waals surface area contributed by atoms with Gasteiger partial charge < -0.3 is 4.90 Å². The summed E-state index contributed by atoms with van der Waals surface area (Å²) in [6, 6.07) is -0.238. The minimum absolute atomic E-state index is 0.0179. The first-order valence-electron chi connectivity index (χ1n) is 9.24. The summed E-state index contributed by atoms with van der Waals surface area (Å²) >= 11 is 0. The number of rotatable bonds is 4. The maximum absolute atomic E-state index is 13.1. The molecule has 0 spiro atoms. The lowest BCUT2D eigenvalue weighted by Gasteiger charge is -2.34. The highest BCUT2D eigenvalue weighted by Crippen LogP contribution is 2.29. The van der Waals surface area contributed by atoms with Crippen molar-refractivity contribution in [1.29, 1.82) is 0 Å². The molecule has 9 nitrogen and oxygen atoms in total. The Morgan fingerprint density at radius 2 is 2.00 bits per heavy atom. The zero-order valence-electron chi connectivity index (χ0n) is 15.2. The summed E-state index contributed by atoms with van der Waals surface area (Å²) in [5.41, 5.74) is 0.157. The Bertz CT molecular complexity index is 1040. The predicted molar refractivity (Wildman–Crippen MR) is 98.9 cm³/mol. The van der Waals surface area contributed by atoms with Crippen LogP contribution in [0.5, 0.6) is 0 Å². The summed E-state index contributed by atoms with van der Waals surface area (Å²) in [6.07, 6.45) is 7.13. The standard InChI is InChI=1S/C17H23N5O4S/c1-20-16-14(8-19-20)17(24)21(11-18-16)9-15(23)22(12-4-2-3-5-12)13-6-7-27(25,26)10-13/h8,11-13H,2-7,9-10H2,1H3/t13-/m1/s1. The van der Waals surface area contributed by atoms with E-state index in [0.717, 1.165) is 25.7 Å². The van der Waals surface area contributed by atoms with Gasteiger partial charge in [-0.3, -0.25) is 18.8 Å². The van der Waals surface area contributed by atoms with Gasteiger partial charge in [0, 0.05) is 19.1 Å². The molecule has 2 fully saturated rings. The van der Waals surface area contributed by atoms with Crippen LogP contribution in [0.25, 0.3) is 11.0 Å². The van der Waals surface area contributed by atoms with Crippen LogP contribution in [0.1, 0.15) is 32.1 Å². The molecule has 10 heteroatoms. The number of sulfone groups is 1. The summed E-state index contributed by atoms with van der Waals surface area (Å²) in [6.45, 7) is -0.135. The van der Waals surface area contributed by atoms with Gasteiger partial charge in [-0.25, -0.2) is 13.4 Å². The number of nitrogens with zero attached hydrogens (tertiary/aromatic N) is 5. The van der Waals surface area contributed by atoms with Crippen LogP contribution in [-0.2, 0) is 28.2 Å². The summed E-state index contributed by atoms with van der Waals surface area (Å²) in [5.74, 6) is -0.0717.